The lowest BCUT2D eigenvalue weighted by Gasteiger charge is -2.23. The van der Waals surface area contributed by atoms with E-state index in [1.165, 1.54) is 0 Å². The highest BCUT2D eigenvalue weighted by Gasteiger charge is 2.41. The fourth-order valence-corrected chi connectivity index (χ4v) is 3.55. The van der Waals surface area contributed by atoms with Crippen LogP contribution in [0.15, 0.2) is 24.3 Å². The Morgan fingerprint density at radius 3 is 2.88 bits per heavy atom. The summed E-state index contributed by atoms with van der Waals surface area (Å²) in [7, 11) is 0. The number of ether oxygens (including phenoxy) is 2. The average molecular weight is 363 g/mol. The minimum absolute atomic E-state index is 0.0827. The van der Waals surface area contributed by atoms with E-state index in [4.69, 9.17) is 21.1 Å². The molecule has 2 aliphatic rings. The van der Waals surface area contributed by atoms with Gasteiger partial charge in [-0.15, -0.1) is 5.10 Å². The molecule has 1 aromatic heterocycles. The maximum atomic E-state index is 12.3. The van der Waals surface area contributed by atoms with E-state index in [-0.39, 0.29) is 28.6 Å². The lowest BCUT2D eigenvalue weighted by atomic mass is 10.0. The van der Waals surface area contributed by atoms with Gasteiger partial charge in [-0.05, 0) is 31.0 Å². The van der Waals surface area contributed by atoms with Gasteiger partial charge in [0.25, 0.3) is 11.8 Å². The highest BCUT2D eigenvalue weighted by Crippen LogP contribution is 2.37. The number of hydrogen-bond donors (Lipinski definition) is 3. The van der Waals surface area contributed by atoms with Crippen molar-refractivity contribution < 1.29 is 14.3 Å². The Morgan fingerprint density at radius 2 is 2.24 bits per heavy atom. The summed E-state index contributed by atoms with van der Waals surface area (Å²) in [4.78, 5) is 12.3. The quantitative estimate of drug-likeness (QED) is 0.760. The number of nitrogens with zero attached hydrogens (tertiary/aromatic N) is 1. The van der Waals surface area contributed by atoms with Gasteiger partial charge in [0.1, 0.15) is 10.7 Å². The molecule has 2 fully saturated rings. The van der Waals surface area contributed by atoms with Crippen molar-refractivity contribution in [1.82, 2.24) is 15.5 Å². The molecule has 8 heteroatoms. The number of anilines is 1. The van der Waals surface area contributed by atoms with Crippen LogP contribution < -0.4 is 15.4 Å². The number of carbonyl (C=O) groups is 1. The van der Waals surface area contributed by atoms with Crippen molar-refractivity contribution >= 4 is 23.2 Å². The monoisotopic (exact) mass is 362 g/mol. The zero-order valence-corrected chi connectivity index (χ0v) is 14.5. The molecule has 0 aliphatic carbocycles. The molecule has 25 heavy (non-hydrogen) atoms. The minimum Gasteiger partial charge on any atom is -0.476 e. The molecule has 3 N–H and O–H groups in total. The molecule has 4 rings (SSSR count). The van der Waals surface area contributed by atoms with Crippen LogP contribution in [0.3, 0.4) is 0 Å². The molecule has 3 heterocycles. The lowest BCUT2D eigenvalue weighted by Crippen LogP contribution is -2.33. The second-order valence-corrected chi connectivity index (χ2v) is 6.53. The zero-order chi connectivity index (χ0) is 17.4. The van der Waals surface area contributed by atoms with E-state index < -0.39 is 0 Å². The molecule has 0 radical (unpaired) electrons. The van der Waals surface area contributed by atoms with Crippen LogP contribution in [0.4, 0.5) is 5.69 Å². The van der Waals surface area contributed by atoms with E-state index >= 15 is 0 Å². The largest absolute Gasteiger partial charge is 0.476 e. The van der Waals surface area contributed by atoms with Crippen LogP contribution in [0.2, 0.25) is 5.02 Å². The van der Waals surface area contributed by atoms with Gasteiger partial charge in [-0.2, -0.15) is 0 Å². The summed E-state index contributed by atoms with van der Waals surface area (Å²) in [6, 6.07) is 8.05. The lowest BCUT2D eigenvalue weighted by molar-refractivity contribution is 0.0160. The first-order valence-electron chi connectivity index (χ1n) is 8.32. The first-order valence-corrected chi connectivity index (χ1v) is 8.70. The van der Waals surface area contributed by atoms with Crippen molar-refractivity contribution in [3.05, 3.63) is 40.5 Å². The third-order valence-electron chi connectivity index (χ3n) is 4.51. The molecule has 7 nitrogen and oxygen atoms in total. The molecule has 1 aromatic carbocycles. The number of morpholine rings is 1. The summed E-state index contributed by atoms with van der Waals surface area (Å²) < 4.78 is 11.2. The molecule has 2 bridgehead atoms. The van der Waals surface area contributed by atoms with Gasteiger partial charge in [0.2, 0.25) is 0 Å². The maximum absolute atomic E-state index is 12.3. The van der Waals surface area contributed by atoms with Crippen molar-refractivity contribution in [2.24, 2.45) is 0 Å². The number of amides is 1. The molecule has 1 amide bonds. The van der Waals surface area contributed by atoms with Gasteiger partial charge in [-0.1, -0.05) is 23.7 Å². The Kier molecular flexibility index (Phi) is 4.37. The van der Waals surface area contributed by atoms with Crippen molar-refractivity contribution in [3.63, 3.8) is 0 Å². The average Bonchev–Trinajstić information content (AvgIpc) is 3.33. The van der Waals surface area contributed by atoms with Crippen LogP contribution in [0.5, 0.6) is 5.88 Å². The Labute approximate surface area is 150 Å². The van der Waals surface area contributed by atoms with Crippen LogP contribution in [0, 0.1) is 0 Å². The van der Waals surface area contributed by atoms with E-state index in [2.05, 4.69) is 20.8 Å². The van der Waals surface area contributed by atoms with Crippen LogP contribution in [0.1, 0.15) is 35.5 Å². The summed E-state index contributed by atoms with van der Waals surface area (Å²) in [5, 5.41) is 12.9. The standard InChI is InChI=1S/C17H19ClN4O3/c1-2-24-17-13(18)14(21-22-17)16(23)20-10-5-3-9(4-6-10)15-12-7-11(25-15)8-19-12/h3-6,11-12,15,19H,2,7-8H2,1H3,(H,20,23)(H,21,22)/t11-,12-,15+/m1/s1. The predicted molar refractivity (Wildman–Crippen MR) is 93.2 cm³/mol. The molecule has 0 unspecified atom stereocenters. The van der Waals surface area contributed by atoms with Crippen LogP contribution in [0.25, 0.3) is 0 Å². The fraction of sp³-hybridized carbons (Fsp3) is 0.412. The highest BCUT2D eigenvalue weighted by atomic mass is 35.5. The molecule has 2 aliphatic heterocycles. The van der Waals surface area contributed by atoms with E-state index in [0.717, 1.165) is 18.5 Å². The number of benzene rings is 1. The zero-order valence-electron chi connectivity index (χ0n) is 13.7. The second kappa shape index (κ2) is 6.67. The van der Waals surface area contributed by atoms with Gasteiger partial charge in [-0.3, -0.25) is 9.89 Å². The first-order chi connectivity index (χ1) is 12.2. The molecule has 0 spiro atoms. The molecule has 3 atom stereocenters. The van der Waals surface area contributed by atoms with Gasteiger partial charge < -0.3 is 20.1 Å². The molecular weight excluding hydrogens is 344 g/mol. The Bertz CT molecular complexity index is 777. The number of nitrogens with one attached hydrogen (secondary N) is 3. The first kappa shape index (κ1) is 16.4. The Hall–Kier alpha value is -2.09. The van der Waals surface area contributed by atoms with E-state index in [9.17, 15) is 4.79 Å². The normalized spacial score (nSPS) is 24.5. The smallest absolute Gasteiger partial charge is 0.275 e. The number of fused-ring (bicyclic) bond motifs is 2. The van der Waals surface area contributed by atoms with Crippen molar-refractivity contribution in [1.29, 1.82) is 0 Å². The third-order valence-corrected chi connectivity index (χ3v) is 4.86. The molecule has 0 saturated carbocycles. The van der Waals surface area contributed by atoms with Crippen molar-refractivity contribution in [2.75, 3.05) is 18.5 Å². The number of H-pyrrole nitrogens is 1. The topological polar surface area (TPSA) is 88.3 Å². The summed E-state index contributed by atoms with van der Waals surface area (Å²) in [5.74, 6) is -0.139. The fourth-order valence-electron chi connectivity index (χ4n) is 3.32. The summed E-state index contributed by atoms with van der Waals surface area (Å²) in [5.41, 5.74) is 1.96. The second-order valence-electron chi connectivity index (χ2n) is 6.16. The predicted octanol–water partition coefficient (Wildman–Crippen LogP) is 2.52. The SMILES string of the molecule is CCOc1n[nH]c(C(=O)Nc2ccc([C@@H]3O[C@H]4CN[C@@H]3C4)cc2)c1Cl. The molecule has 2 aromatic rings. The number of halogens is 1. The minimum atomic E-state index is -0.367. The number of aromatic nitrogens is 2. The molecule has 2 saturated heterocycles. The van der Waals surface area contributed by atoms with Crippen molar-refractivity contribution in [3.8, 4) is 5.88 Å². The van der Waals surface area contributed by atoms with E-state index in [0.29, 0.717) is 24.4 Å². The van der Waals surface area contributed by atoms with Crippen LogP contribution >= 0.6 is 11.6 Å². The number of aromatic amines is 1. The molecular formula is C17H19ClN4O3. The van der Waals surface area contributed by atoms with E-state index in [1.807, 2.05) is 31.2 Å². The van der Waals surface area contributed by atoms with E-state index in [1.54, 1.807) is 0 Å². The van der Waals surface area contributed by atoms with Gasteiger partial charge in [0.15, 0.2) is 0 Å². The van der Waals surface area contributed by atoms with Gasteiger partial charge in [0, 0.05) is 18.3 Å². The maximum Gasteiger partial charge on any atom is 0.275 e. The summed E-state index contributed by atoms with van der Waals surface area (Å²) in [6.45, 7) is 3.18. The third kappa shape index (κ3) is 3.10. The Morgan fingerprint density at radius 1 is 1.44 bits per heavy atom. The molecule has 132 valence electrons. The number of carbonyl (C=O) groups excluding carboxylic acids is 1. The van der Waals surface area contributed by atoms with Crippen LogP contribution in [-0.4, -0.2) is 41.4 Å². The summed E-state index contributed by atoms with van der Waals surface area (Å²) in [6.07, 6.45) is 1.46. The number of rotatable bonds is 5. The van der Waals surface area contributed by atoms with Gasteiger partial charge in [-0.25, -0.2) is 0 Å². The Balaban J connectivity index is 1.43. The van der Waals surface area contributed by atoms with Gasteiger partial charge in [0.05, 0.1) is 18.8 Å². The number of hydrogen-bond acceptors (Lipinski definition) is 5. The van der Waals surface area contributed by atoms with Gasteiger partial charge >= 0.3 is 0 Å². The highest BCUT2D eigenvalue weighted by molar-refractivity contribution is 6.35. The van der Waals surface area contributed by atoms with Crippen molar-refractivity contribution in [2.45, 2.75) is 31.6 Å². The van der Waals surface area contributed by atoms with Crippen LogP contribution in [-0.2, 0) is 4.74 Å². The summed E-state index contributed by atoms with van der Waals surface area (Å²) >= 11 is 6.11.